The molecule has 194 valence electrons. The van der Waals surface area contributed by atoms with Crippen LogP contribution >= 0.6 is 0 Å². The van der Waals surface area contributed by atoms with Crippen molar-refractivity contribution in [2.24, 2.45) is 0 Å². The monoisotopic (exact) mass is 509 g/mol. The average molecular weight is 510 g/mol. The minimum absolute atomic E-state index is 0.103. The number of carbonyl (C=O) groups is 1. The molecule has 2 aromatic carbocycles. The molecule has 5 rings (SSSR count). The number of benzene rings is 2. The summed E-state index contributed by atoms with van der Waals surface area (Å²) < 4.78 is 9.37. The smallest absolute Gasteiger partial charge is 0.263 e. The third-order valence-electron chi connectivity index (χ3n) is 6.52. The van der Waals surface area contributed by atoms with Crippen LogP contribution in [-0.4, -0.2) is 42.3 Å². The van der Waals surface area contributed by atoms with Crippen molar-refractivity contribution >= 4 is 23.0 Å². The molecule has 0 aliphatic heterocycles. The molecular weight excluding hydrogens is 478 g/mol. The summed E-state index contributed by atoms with van der Waals surface area (Å²) in [6.07, 6.45) is 3.55. The quantitative estimate of drug-likeness (QED) is 0.275. The Morgan fingerprint density at radius 1 is 1.00 bits per heavy atom. The number of hydrogen-bond acceptors (Lipinski definition) is 6. The second-order valence-electron chi connectivity index (χ2n) is 9.00. The van der Waals surface area contributed by atoms with Gasteiger partial charge in [0.1, 0.15) is 17.7 Å². The summed E-state index contributed by atoms with van der Waals surface area (Å²) in [5, 5.41) is 7.02. The van der Waals surface area contributed by atoms with E-state index < -0.39 is 5.91 Å². The minimum Gasteiger partial charge on any atom is -0.480 e. The summed E-state index contributed by atoms with van der Waals surface area (Å²) in [5.74, 6) is 0.813. The Balaban J connectivity index is 1.66. The van der Waals surface area contributed by atoms with Crippen molar-refractivity contribution < 1.29 is 9.53 Å². The van der Waals surface area contributed by atoms with Crippen molar-refractivity contribution in [2.75, 3.05) is 12.4 Å². The molecule has 0 saturated carbocycles. The first-order valence-corrected chi connectivity index (χ1v) is 12.9. The van der Waals surface area contributed by atoms with E-state index in [1.807, 2.05) is 49.4 Å². The van der Waals surface area contributed by atoms with Gasteiger partial charge in [-0.15, -0.1) is 5.10 Å². The van der Waals surface area contributed by atoms with Crippen LogP contribution in [0.3, 0.4) is 0 Å². The van der Waals surface area contributed by atoms with Crippen LogP contribution in [0.2, 0.25) is 0 Å². The van der Waals surface area contributed by atoms with Crippen molar-refractivity contribution in [1.82, 2.24) is 29.3 Å². The Morgan fingerprint density at radius 2 is 1.68 bits per heavy atom. The van der Waals surface area contributed by atoms with Crippen LogP contribution in [0.5, 0.6) is 5.88 Å². The lowest BCUT2D eigenvalue weighted by molar-refractivity contribution is 0.102. The summed E-state index contributed by atoms with van der Waals surface area (Å²) in [6.45, 7) is 5.51. The lowest BCUT2D eigenvalue weighted by Crippen LogP contribution is -2.16. The molecule has 0 aliphatic rings. The number of anilines is 1. The maximum atomic E-state index is 13.3. The number of aryl methyl sites for hydroxylation is 2. The molecule has 9 nitrogen and oxygen atoms in total. The fraction of sp³-hybridized carbons (Fsp3) is 0.276. The lowest BCUT2D eigenvalue weighted by atomic mass is 9.90. The van der Waals surface area contributed by atoms with Gasteiger partial charge in [-0.3, -0.25) is 14.8 Å². The van der Waals surface area contributed by atoms with Crippen LogP contribution in [0, 0.1) is 0 Å². The molecule has 9 heteroatoms. The molecule has 0 unspecified atom stereocenters. The number of methoxy groups -OCH3 is 1. The molecule has 0 aliphatic carbocycles. The number of pyridine rings is 1. The minimum atomic E-state index is -0.391. The summed E-state index contributed by atoms with van der Waals surface area (Å²) in [7, 11) is 1.50. The van der Waals surface area contributed by atoms with Gasteiger partial charge in [0.25, 0.3) is 5.91 Å². The zero-order valence-corrected chi connectivity index (χ0v) is 21.8. The van der Waals surface area contributed by atoms with E-state index in [0.717, 1.165) is 41.9 Å². The highest BCUT2D eigenvalue weighted by atomic mass is 16.5. The lowest BCUT2D eigenvalue weighted by Gasteiger charge is -2.20. The largest absolute Gasteiger partial charge is 0.480 e. The second-order valence-corrected chi connectivity index (χ2v) is 9.00. The zero-order valence-electron chi connectivity index (χ0n) is 21.8. The van der Waals surface area contributed by atoms with Crippen molar-refractivity contribution in [3.63, 3.8) is 0 Å². The number of carbonyl (C=O) groups excluding carboxylic acids is 1. The highest BCUT2D eigenvalue weighted by Crippen LogP contribution is 2.34. The Bertz CT molecular complexity index is 1490. The standard InChI is InChI=1S/C29H31N7O2/c1-4-6-17-36-23-18-22(27(37)33-29-30-19-35(5-2)34-29)28(38-3)32-25(23)31-26(36)24(20-13-9-7-10-14-20)21-15-11-8-12-16-21/h7-16,18-19,24H,4-6,17H2,1-3H3,(H,33,34,37). The first-order chi connectivity index (χ1) is 18.6. The molecule has 1 amide bonds. The van der Waals surface area contributed by atoms with Gasteiger partial charge in [-0.2, -0.15) is 4.98 Å². The van der Waals surface area contributed by atoms with Gasteiger partial charge in [0.05, 0.1) is 18.5 Å². The molecule has 3 aromatic heterocycles. The van der Waals surface area contributed by atoms with Crippen LogP contribution in [0.15, 0.2) is 73.1 Å². The summed E-state index contributed by atoms with van der Waals surface area (Å²) >= 11 is 0. The van der Waals surface area contributed by atoms with Crippen molar-refractivity contribution in [1.29, 1.82) is 0 Å². The number of imidazole rings is 1. The fourth-order valence-corrected chi connectivity index (χ4v) is 4.59. The maximum Gasteiger partial charge on any atom is 0.263 e. The summed E-state index contributed by atoms with van der Waals surface area (Å²) in [5.41, 5.74) is 3.88. The van der Waals surface area contributed by atoms with Gasteiger partial charge < -0.3 is 9.30 Å². The number of ether oxygens (including phenoxy) is 1. The molecule has 0 saturated heterocycles. The SMILES string of the molecule is CCCCn1c(C(c2ccccc2)c2ccccc2)nc2nc(OC)c(C(=O)Nc3ncn(CC)n3)cc21. The van der Waals surface area contributed by atoms with Crippen LogP contribution in [0.25, 0.3) is 11.2 Å². The Kier molecular flexibility index (Phi) is 7.44. The van der Waals surface area contributed by atoms with E-state index in [1.165, 1.54) is 7.11 Å². The third-order valence-corrected chi connectivity index (χ3v) is 6.52. The molecular formula is C29H31N7O2. The van der Waals surface area contributed by atoms with E-state index in [9.17, 15) is 4.79 Å². The fourth-order valence-electron chi connectivity index (χ4n) is 4.59. The topological polar surface area (TPSA) is 99.7 Å². The van der Waals surface area contributed by atoms with Gasteiger partial charge in [-0.1, -0.05) is 74.0 Å². The second kappa shape index (κ2) is 11.2. The van der Waals surface area contributed by atoms with Crippen LogP contribution in [0.4, 0.5) is 5.95 Å². The van der Waals surface area contributed by atoms with Gasteiger partial charge in [-0.25, -0.2) is 9.97 Å². The number of rotatable bonds is 10. The number of hydrogen-bond donors (Lipinski definition) is 1. The highest BCUT2D eigenvalue weighted by Gasteiger charge is 2.26. The van der Waals surface area contributed by atoms with Gasteiger partial charge in [0, 0.05) is 13.1 Å². The van der Waals surface area contributed by atoms with Crippen molar-refractivity contribution in [3.05, 3.63) is 95.6 Å². The van der Waals surface area contributed by atoms with E-state index in [2.05, 4.69) is 56.1 Å². The van der Waals surface area contributed by atoms with Crippen LogP contribution in [0.1, 0.15) is 59.9 Å². The highest BCUT2D eigenvalue weighted by molar-refractivity contribution is 6.06. The molecule has 0 fully saturated rings. The molecule has 1 N–H and O–H groups in total. The Labute approximate surface area is 221 Å². The number of fused-ring (bicyclic) bond motifs is 1. The van der Waals surface area contributed by atoms with Gasteiger partial charge in [-0.05, 0) is 30.5 Å². The molecule has 3 heterocycles. The number of nitrogens with zero attached hydrogens (tertiary/aromatic N) is 6. The summed E-state index contributed by atoms with van der Waals surface area (Å²) in [6, 6.07) is 22.5. The van der Waals surface area contributed by atoms with E-state index in [0.29, 0.717) is 17.8 Å². The molecule has 0 atom stereocenters. The third kappa shape index (κ3) is 5.00. The normalized spacial score (nSPS) is 11.3. The summed E-state index contributed by atoms with van der Waals surface area (Å²) in [4.78, 5) is 27.2. The predicted molar refractivity (Wildman–Crippen MR) is 146 cm³/mol. The van der Waals surface area contributed by atoms with Gasteiger partial charge >= 0.3 is 0 Å². The number of aromatic nitrogens is 6. The van der Waals surface area contributed by atoms with Gasteiger partial charge in [0.15, 0.2) is 5.65 Å². The Morgan fingerprint density at radius 3 is 2.26 bits per heavy atom. The first-order valence-electron chi connectivity index (χ1n) is 12.9. The average Bonchev–Trinajstić information content (AvgIpc) is 3.56. The number of amides is 1. The molecule has 0 radical (unpaired) electrons. The molecule has 5 aromatic rings. The molecule has 38 heavy (non-hydrogen) atoms. The van der Waals surface area contributed by atoms with Crippen molar-refractivity contribution in [3.8, 4) is 5.88 Å². The number of nitrogens with one attached hydrogen (secondary N) is 1. The van der Waals surface area contributed by atoms with Crippen LogP contribution < -0.4 is 10.1 Å². The van der Waals surface area contributed by atoms with Crippen molar-refractivity contribution in [2.45, 2.75) is 45.7 Å². The Hall–Kier alpha value is -4.53. The van der Waals surface area contributed by atoms with E-state index >= 15 is 0 Å². The zero-order chi connectivity index (χ0) is 26.5. The van der Waals surface area contributed by atoms with Crippen LogP contribution in [-0.2, 0) is 13.1 Å². The number of unbranched alkanes of at least 4 members (excludes halogenated alkanes) is 1. The van der Waals surface area contributed by atoms with E-state index in [1.54, 1.807) is 11.0 Å². The first kappa shape index (κ1) is 25.1. The predicted octanol–water partition coefficient (Wildman–Crippen LogP) is 5.28. The van der Waals surface area contributed by atoms with E-state index in [4.69, 9.17) is 9.72 Å². The van der Waals surface area contributed by atoms with E-state index in [-0.39, 0.29) is 17.7 Å². The molecule has 0 bridgehead atoms. The maximum absolute atomic E-state index is 13.3. The van der Waals surface area contributed by atoms with Gasteiger partial charge in [0.2, 0.25) is 11.8 Å². The molecule has 0 spiro atoms.